The molecule has 16 heavy (non-hydrogen) atoms. The second kappa shape index (κ2) is 5.05. The van der Waals surface area contributed by atoms with Crippen LogP contribution >= 0.6 is 15.9 Å². The Hall–Kier alpha value is -0.760. The smallest absolute Gasteiger partial charge is 0.115 e. The Bertz CT molecular complexity index is 380. The molecule has 0 unspecified atom stereocenters. The maximum absolute atomic E-state index is 9.30. The fraction of sp³-hybridized carbons (Fsp3) is 0.429. The molecule has 2 rings (SSSR count). The highest BCUT2D eigenvalue weighted by molar-refractivity contribution is 9.11. The van der Waals surface area contributed by atoms with Crippen molar-refractivity contribution in [1.29, 1.82) is 0 Å². The van der Waals surface area contributed by atoms with Crippen molar-refractivity contribution in [1.82, 2.24) is 0 Å². The van der Waals surface area contributed by atoms with Crippen molar-refractivity contribution < 1.29 is 5.11 Å². The molecule has 86 valence electrons. The lowest BCUT2D eigenvalue weighted by atomic mass is 9.74. The van der Waals surface area contributed by atoms with Crippen molar-refractivity contribution >= 4 is 15.9 Å². The van der Waals surface area contributed by atoms with Gasteiger partial charge in [-0.15, -0.1) is 0 Å². The van der Waals surface area contributed by atoms with E-state index in [1.54, 1.807) is 12.1 Å². The molecular weight excluding hydrogens is 264 g/mol. The average Bonchev–Trinajstić information content (AvgIpc) is 2.31. The minimum Gasteiger partial charge on any atom is -0.508 e. The third-order valence-electron chi connectivity index (χ3n) is 3.63. The first-order valence-corrected chi connectivity index (χ1v) is 6.72. The molecule has 0 heterocycles. The van der Waals surface area contributed by atoms with Gasteiger partial charge in [-0.25, -0.2) is 0 Å². The van der Waals surface area contributed by atoms with Crippen LogP contribution in [-0.4, -0.2) is 5.11 Å². The van der Waals surface area contributed by atoms with Crippen molar-refractivity contribution in [2.24, 2.45) is 5.92 Å². The van der Waals surface area contributed by atoms with E-state index in [0.717, 1.165) is 0 Å². The molecule has 1 fully saturated rings. The Morgan fingerprint density at radius 3 is 2.62 bits per heavy atom. The molecule has 0 aliphatic heterocycles. The second-order valence-electron chi connectivity index (χ2n) is 4.56. The fourth-order valence-electron chi connectivity index (χ4n) is 2.59. The number of aromatic hydroxyl groups is 1. The number of halogens is 1. The van der Waals surface area contributed by atoms with Gasteiger partial charge in [0, 0.05) is 0 Å². The molecule has 2 heteroatoms. The summed E-state index contributed by atoms with van der Waals surface area (Å²) in [5.74, 6) is 1.54. The van der Waals surface area contributed by atoms with Crippen LogP contribution in [0.3, 0.4) is 0 Å². The first-order chi connectivity index (χ1) is 7.72. The third-order valence-corrected chi connectivity index (χ3v) is 4.22. The zero-order chi connectivity index (χ0) is 11.5. The molecule has 1 N–H and O–H groups in total. The van der Waals surface area contributed by atoms with E-state index >= 15 is 0 Å². The first-order valence-electron chi connectivity index (χ1n) is 5.80. The lowest BCUT2D eigenvalue weighted by Crippen LogP contribution is -2.17. The van der Waals surface area contributed by atoms with Crippen LogP contribution in [-0.2, 0) is 0 Å². The van der Waals surface area contributed by atoms with E-state index < -0.39 is 0 Å². The van der Waals surface area contributed by atoms with Gasteiger partial charge < -0.3 is 5.11 Å². The van der Waals surface area contributed by atoms with Crippen molar-refractivity contribution in [2.45, 2.75) is 32.1 Å². The highest BCUT2D eigenvalue weighted by Crippen LogP contribution is 2.41. The SMILES string of the molecule is C[C@H]1/C(=C/Br)CCC[C@@H]1c1ccc(O)cc1. The van der Waals surface area contributed by atoms with Crippen LogP contribution in [0.15, 0.2) is 34.8 Å². The number of benzene rings is 1. The number of rotatable bonds is 1. The lowest BCUT2D eigenvalue weighted by Gasteiger charge is -2.31. The van der Waals surface area contributed by atoms with Gasteiger partial charge in [-0.1, -0.05) is 40.6 Å². The molecule has 0 radical (unpaired) electrons. The molecular formula is C14H17BrO. The van der Waals surface area contributed by atoms with Crippen molar-refractivity contribution in [2.75, 3.05) is 0 Å². The molecule has 1 saturated carbocycles. The van der Waals surface area contributed by atoms with Crippen LogP contribution in [0.25, 0.3) is 0 Å². The van der Waals surface area contributed by atoms with Crippen LogP contribution < -0.4 is 0 Å². The van der Waals surface area contributed by atoms with E-state index in [1.807, 2.05) is 12.1 Å². The Kier molecular flexibility index (Phi) is 3.70. The summed E-state index contributed by atoms with van der Waals surface area (Å²) in [7, 11) is 0. The van der Waals surface area contributed by atoms with Gasteiger partial charge in [0.25, 0.3) is 0 Å². The Balaban J connectivity index is 2.23. The number of allylic oxidation sites excluding steroid dienone is 1. The Morgan fingerprint density at radius 2 is 2.00 bits per heavy atom. The van der Waals surface area contributed by atoms with Crippen LogP contribution in [0, 0.1) is 5.92 Å². The van der Waals surface area contributed by atoms with Gasteiger partial charge in [-0.3, -0.25) is 0 Å². The first kappa shape index (κ1) is 11.7. The highest BCUT2D eigenvalue weighted by atomic mass is 79.9. The standard InChI is InChI=1S/C14H17BrO/c1-10-12(9-15)3-2-4-14(10)11-5-7-13(16)8-6-11/h5-10,14,16H,2-4H2,1H3/b12-9+/t10-,14-/m0/s1. The Labute approximate surface area is 105 Å². The lowest BCUT2D eigenvalue weighted by molar-refractivity contribution is 0.414. The number of phenols is 1. The summed E-state index contributed by atoms with van der Waals surface area (Å²) in [4.78, 5) is 2.09. The van der Waals surface area contributed by atoms with E-state index in [2.05, 4.69) is 27.8 Å². The van der Waals surface area contributed by atoms with Crippen molar-refractivity contribution in [3.05, 3.63) is 40.4 Å². The monoisotopic (exact) mass is 280 g/mol. The van der Waals surface area contributed by atoms with Crippen LogP contribution in [0.5, 0.6) is 5.75 Å². The van der Waals surface area contributed by atoms with E-state index in [0.29, 0.717) is 17.6 Å². The van der Waals surface area contributed by atoms with E-state index in [4.69, 9.17) is 0 Å². The highest BCUT2D eigenvalue weighted by Gasteiger charge is 2.26. The number of phenolic OH excluding ortho intramolecular Hbond substituents is 1. The van der Waals surface area contributed by atoms with Gasteiger partial charge in [0.05, 0.1) is 0 Å². The minimum absolute atomic E-state index is 0.350. The molecule has 1 aromatic rings. The van der Waals surface area contributed by atoms with E-state index in [9.17, 15) is 5.11 Å². The van der Waals surface area contributed by atoms with Gasteiger partial charge in [0.1, 0.15) is 5.75 Å². The van der Waals surface area contributed by atoms with Gasteiger partial charge in [-0.2, -0.15) is 0 Å². The summed E-state index contributed by atoms with van der Waals surface area (Å²) in [5, 5.41) is 9.30. The summed E-state index contributed by atoms with van der Waals surface area (Å²) in [5.41, 5.74) is 2.85. The number of hydrogen-bond acceptors (Lipinski definition) is 1. The van der Waals surface area contributed by atoms with Gasteiger partial charge >= 0.3 is 0 Å². The maximum atomic E-state index is 9.30. The topological polar surface area (TPSA) is 20.2 Å². The molecule has 1 nitrogen and oxygen atoms in total. The van der Waals surface area contributed by atoms with Gasteiger partial charge in [0.15, 0.2) is 0 Å². The van der Waals surface area contributed by atoms with Crippen molar-refractivity contribution in [3.8, 4) is 5.75 Å². The van der Waals surface area contributed by atoms with Gasteiger partial charge in [-0.05, 0) is 53.8 Å². The zero-order valence-electron chi connectivity index (χ0n) is 9.49. The third kappa shape index (κ3) is 2.32. The summed E-state index contributed by atoms with van der Waals surface area (Å²) in [6, 6.07) is 7.67. The molecule has 0 amide bonds. The zero-order valence-corrected chi connectivity index (χ0v) is 11.1. The molecule has 2 atom stereocenters. The summed E-state index contributed by atoms with van der Waals surface area (Å²) in [6.45, 7) is 2.30. The van der Waals surface area contributed by atoms with Crippen LogP contribution in [0.2, 0.25) is 0 Å². The predicted octanol–water partition coefficient (Wildman–Crippen LogP) is 4.57. The summed E-state index contributed by atoms with van der Waals surface area (Å²) in [6.07, 6.45) is 3.71. The Morgan fingerprint density at radius 1 is 1.31 bits per heavy atom. The molecule has 0 aromatic heterocycles. The normalized spacial score (nSPS) is 28.2. The number of hydrogen-bond donors (Lipinski definition) is 1. The summed E-state index contributed by atoms with van der Waals surface area (Å²) < 4.78 is 0. The molecule has 1 aliphatic carbocycles. The molecule has 1 aromatic carbocycles. The van der Waals surface area contributed by atoms with Crippen LogP contribution in [0.1, 0.15) is 37.7 Å². The van der Waals surface area contributed by atoms with Crippen molar-refractivity contribution in [3.63, 3.8) is 0 Å². The van der Waals surface area contributed by atoms with Crippen LogP contribution in [0.4, 0.5) is 0 Å². The molecule has 1 aliphatic rings. The second-order valence-corrected chi connectivity index (χ2v) is 5.02. The fourth-order valence-corrected chi connectivity index (χ4v) is 3.24. The van der Waals surface area contributed by atoms with Gasteiger partial charge in [0.2, 0.25) is 0 Å². The molecule has 0 spiro atoms. The van der Waals surface area contributed by atoms with E-state index in [-0.39, 0.29) is 0 Å². The predicted molar refractivity (Wildman–Crippen MR) is 70.9 cm³/mol. The molecule has 0 saturated heterocycles. The average molecular weight is 281 g/mol. The van der Waals surface area contributed by atoms with E-state index in [1.165, 1.54) is 30.4 Å². The maximum Gasteiger partial charge on any atom is 0.115 e. The summed E-state index contributed by atoms with van der Waals surface area (Å²) >= 11 is 3.46. The quantitative estimate of drug-likeness (QED) is 0.799. The molecule has 0 bridgehead atoms. The minimum atomic E-state index is 0.350. The largest absolute Gasteiger partial charge is 0.508 e.